The predicted octanol–water partition coefficient (Wildman–Crippen LogP) is 6.56. The Bertz CT molecular complexity index is 1690. The molecule has 2 heterocycles. The van der Waals surface area contributed by atoms with Crippen molar-refractivity contribution in [1.82, 2.24) is 9.97 Å². The molecule has 0 atom stereocenters. The fraction of sp³-hybridized carbons (Fsp3) is 0.172. The number of hydrogen-bond donors (Lipinski definition) is 3. The summed E-state index contributed by atoms with van der Waals surface area (Å²) in [5.41, 5.74) is 1.95. The molecule has 0 saturated carbocycles. The molecule has 5 rings (SSSR count). The Balaban J connectivity index is 1.34. The first kappa shape index (κ1) is 28.3. The van der Waals surface area contributed by atoms with Gasteiger partial charge in [0.2, 0.25) is 5.95 Å². The summed E-state index contributed by atoms with van der Waals surface area (Å²) in [6.45, 7) is 1.88. The van der Waals surface area contributed by atoms with Gasteiger partial charge in [-0.2, -0.15) is 18.2 Å². The minimum absolute atomic E-state index is 0.120. The number of alkyl halides is 3. The van der Waals surface area contributed by atoms with Crippen LogP contribution < -0.4 is 25.8 Å². The molecule has 3 N–H and O–H groups in total. The number of aromatic nitrogens is 2. The fourth-order valence-corrected chi connectivity index (χ4v) is 4.35. The lowest BCUT2D eigenvalue weighted by molar-refractivity contribution is -0.137. The van der Waals surface area contributed by atoms with E-state index in [1.165, 1.54) is 17.0 Å². The molecular formula is C29H25F4N7O2. The second-order valence-corrected chi connectivity index (χ2v) is 9.84. The zero-order valence-corrected chi connectivity index (χ0v) is 22.7. The minimum atomic E-state index is -4.82. The standard InChI is InChI=1S/C29H25F4N7O2/c1-16-7-8-22(35-26(41)17-9-19(29(31,32)33)11-20(30)10-17)13-24(16)40-15-18-14-34-27(37-25(18)38-28(40)42)36-21-5-4-6-23(12-21)39(2)3/h4-14H,15H2,1-3H3,(H,35,41)(H2,34,36,37,38,42). The van der Waals surface area contributed by atoms with E-state index in [0.717, 1.165) is 17.4 Å². The van der Waals surface area contributed by atoms with Crippen molar-refractivity contribution >= 4 is 46.5 Å². The summed E-state index contributed by atoms with van der Waals surface area (Å²) >= 11 is 0. The van der Waals surface area contributed by atoms with Crippen molar-refractivity contribution < 1.29 is 27.2 Å². The molecule has 216 valence electrons. The van der Waals surface area contributed by atoms with Crippen molar-refractivity contribution in [3.63, 3.8) is 0 Å². The van der Waals surface area contributed by atoms with Crippen LogP contribution in [0.3, 0.4) is 0 Å². The molecule has 13 heteroatoms. The van der Waals surface area contributed by atoms with Gasteiger partial charge < -0.3 is 15.5 Å². The van der Waals surface area contributed by atoms with Gasteiger partial charge in [0.25, 0.3) is 5.91 Å². The molecule has 0 spiro atoms. The van der Waals surface area contributed by atoms with E-state index in [9.17, 15) is 27.2 Å². The molecule has 0 radical (unpaired) electrons. The molecule has 0 aliphatic carbocycles. The van der Waals surface area contributed by atoms with Crippen LogP contribution in [0.5, 0.6) is 0 Å². The number of aryl methyl sites for hydroxylation is 1. The average Bonchev–Trinajstić information content (AvgIpc) is 2.93. The molecule has 1 aliphatic heterocycles. The summed E-state index contributed by atoms with van der Waals surface area (Å²) in [5, 5.41) is 8.37. The van der Waals surface area contributed by atoms with Crippen molar-refractivity contribution in [3.8, 4) is 0 Å². The number of carbonyl (C=O) groups excluding carboxylic acids is 2. The second-order valence-electron chi connectivity index (χ2n) is 9.84. The first-order chi connectivity index (χ1) is 19.9. The molecular weight excluding hydrogens is 554 g/mol. The number of anilines is 6. The molecule has 0 bridgehead atoms. The summed E-state index contributed by atoms with van der Waals surface area (Å²) < 4.78 is 53.1. The van der Waals surface area contributed by atoms with Gasteiger partial charge in [-0.15, -0.1) is 0 Å². The molecule has 9 nitrogen and oxygen atoms in total. The molecule has 1 aromatic heterocycles. The number of fused-ring (bicyclic) bond motifs is 1. The van der Waals surface area contributed by atoms with Crippen LogP contribution in [0.2, 0.25) is 0 Å². The molecule has 3 aromatic carbocycles. The highest BCUT2D eigenvalue weighted by Crippen LogP contribution is 2.33. The van der Waals surface area contributed by atoms with Gasteiger partial charge in [0.05, 0.1) is 17.8 Å². The molecule has 1 aliphatic rings. The molecule has 42 heavy (non-hydrogen) atoms. The van der Waals surface area contributed by atoms with Crippen LogP contribution in [-0.4, -0.2) is 36.0 Å². The fourth-order valence-electron chi connectivity index (χ4n) is 4.35. The zero-order chi connectivity index (χ0) is 30.2. The maximum absolute atomic E-state index is 13.8. The minimum Gasteiger partial charge on any atom is -0.378 e. The lowest BCUT2D eigenvalue weighted by Gasteiger charge is -2.30. The second kappa shape index (κ2) is 11.0. The predicted molar refractivity (Wildman–Crippen MR) is 152 cm³/mol. The number of hydrogen-bond acceptors (Lipinski definition) is 6. The van der Waals surface area contributed by atoms with E-state index in [4.69, 9.17) is 0 Å². The largest absolute Gasteiger partial charge is 0.416 e. The maximum atomic E-state index is 13.8. The number of halogens is 4. The van der Waals surface area contributed by atoms with Crippen molar-refractivity contribution in [1.29, 1.82) is 0 Å². The lowest BCUT2D eigenvalue weighted by atomic mass is 10.1. The summed E-state index contributed by atoms with van der Waals surface area (Å²) in [5.74, 6) is -1.49. The highest BCUT2D eigenvalue weighted by Gasteiger charge is 2.32. The number of nitrogens with zero attached hydrogens (tertiary/aromatic N) is 4. The number of amides is 3. The van der Waals surface area contributed by atoms with Gasteiger partial charge in [-0.1, -0.05) is 12.1 Å². The van der Waals surface area contributed by atoms with Crippen LogP contribution in [0, 0.1) is 12.7 Å². The molecule has 0 fully saturated rings. The van der Waals surface area contributed by atoms with Crippen LogP contribution in [-0.2, 0) is 12.7 Å². The Hall–Kier alpha value is -5.20. The summed E-state index contributed by atoms with van der Waals surface area (Å²) in [6, 6.07) is 13.5. The monoisotopic (exact) mass is 579 g/mol. The molecule has 0 saturated heterocycles. The van der Waals surface area contributed by atoms with Gasteiger partial charge in [-0.3, -0.25) is 15.0 Å². The van der Waals surface area contributed by atoms with Crippen LogP contribution >= 0.6 is 0 Å². The third-order valence-corrected chi connectivity index (χ3v) is 6.53. The van der Waals surface area contributed by atoms with Crippen LogP contribution in [0.15, 0.2) is 66.9 Å². The van der Waals surface area contributed by atoms with E-state index < -0.39 is 35.1 Å². The average molecular weight is 580 g/mol. The van der Waals surface area contributed by atoms with Gasteiger partial charge in [-0.05, 0) is 61.0 Å². The maximum Gasteiger partial charge on any atom is 0.416 e. The number of urea groups is 1. The Kier molecular flexibility index (Phi) is 7.42. The van der Waals surface area contributed by atoms with Crippen LogP contribution in [0.1, 0.15) is 27.0 Å². The molecule has 3 amide bonds. The quantitative estimate of drug-likeness (QED) is 0.224. The SMILES string of the molecule is Cc1ccc(NC(=O)c2cc(F)cc(C(F)(F)F)c2)cc1N1Cc2cnc(Nc3cccc(N(C)C)c3)nc2NC1=O. The first-order valence-electron chi connectivity index (χ1n) is 12.7. The number of carbonyl (C=O) groups is 2. The van der Waals surface area contributed by atoms with E-state index in [2.05, 4.69) is 25.9 Å². The summed E-state index contributed by atoms with van der Waals surface area (Å²) in [7, 11) is 3.86. The van der Waals surface area contributed by atoms with E-state index in [1.807, 2.05) is 43.3 Å². The normalized spacial score (nSPS) is 12.8. The Labute approximate surface area is 238 Å². The topological polar surface area (TPSA) is 102 Å². The molecule has 4 aromatic rings. The van der Waals surface area contributed by atoms with E-state index >= 15 is 0 Å². The Morgan fingerprint density at radius 3 is 2.57 bits per heavy atom. The zero-order valence-electron chi connectivity index (χ0n) is 22.7. The highest BCUT2D eigenvalue weighted by molar-refractivity contribution is 6.06. The van der Waals surface area contributed by atoms with Crippen LogP contribution in [0.25, 0.3) is 0 Å². The number of rotatable bonds is 6. The van der Waals surface area contributed by atoms with Crippen molar-refractivity contribution in [2.75, 3.05) is 39.8 Å². The number of benzene rings is 3. The molecule has 0 unspecified atom stereocenters. The van der Waals surface area contributed by atoms with Gasteiger partial charge in [-0.25, -0.2) is 14.2 Å². The summed E-state index contributed by atoms with van der Waals surface area (Å²) in [6.07, 6.45) is -3.22. The highest BCUT2D eigenvalue weighted by atomic mass is 19.4. The summed E-state index contributed by atoms with van der Waals surface area (Å²) in [4.78, 5) is 38.0. The van der Waals surface area contributed by atoms with E-state index in [-0.39, 0.29) is 12.2 Å². The van der Waals surface area contributed by atoms with Crippen LogP contribution in [0.4, 0.5) is 56.9 Å². The first-order valence-corrected chi connectivity index (χ1v) is 12.7. The lowest BCUT2D eigenvalue weighted by Crippen LogP contribution is -2.39. The van der Waals surface area contributed by atoms with Crippen molar-refractivity contribution in [2.45, 2.75) is 19.6 Å². The third-order valence-electron chi connectivity index (χ3n) is 6.53. The number of nitrogens with one attached hydrogen (secondary N) is 3. The third kappa shape index (κ3) is 6.09. The Morgan fingerprint density at radius 1 is 1.05 bits per heavy atom. The van der Waals surface area contributed by atoms with Crippen molar-refractivity contribution in [3.05, 3.63) is 94.9 Å². The Morgan fingerprint density at radius 2 is 1.83 bits per heavy atom. The van der Waals surface area contributed by atoms with E-state index in [0.29, 0.717) is 40.7 Å². The smallest absolute Gasteiger partial charge is 0.378 e. The van der Waals surface area contributed by atoms with Gasteiger partial charge in [0.15, 0.2) is 0 Å². The van der Waals surface area contributed by atoms with E-state index in [1.54, 1.807) is 19.2 Å². The van der Waals surface area contributed by atoms with Gasteiger partial charge in [0, 0.05) is 48.5 Å². The van der Waals surface area contributed by atoms with Gasteiger partial charge in [0.1, 0.15) is 11.6 Å². The van der Waals surface area contributed by atoms with Crippen molar-refractivity contribution in [2.24, 2.45) is 0 Å². The van der Waals surface area contributed by atoms with Gasteiger partial charge >= 0.3 is 12.2 Å².